The van der Waals surface area contributed by atoms with E-state index >= 15 is 0 Å². The van der Waals surface area contributed by atoms with Gasteiger partial charge < -0.3 is 20.7 Å². The minimum Gasteiger partial charge on any atom is -0.444 e. The smallest absolute Gasteiger partial charge is 0.408 e. The molecule has 2 aromatic rings. The average Bonchev–Trinajstić information content (AvgIpc) is 2.70. The first-order valence-corrected chi connectivity index (χ1v) is 9.99. The molecular weight excluding hydrogens is 394 g/mol. The topological polar surface area (TPSA) is 96.5 Å². The number of hydrogen-bond acceptors (Lipinski definition) is 4. The molecule has 0 aliphatic carbocycles. The summed E-state index contributed by atoms with van der Waals surface area (Å²) in [6.07, 6.45) is 2.61. The van der Waals surface area contributed by atoms with Crippen molar-refractivity contribution < 1.29 is 19.1 Å². The van der Waals surface area contributed by atoms with Crippen LogP contribution in [0, 0.1) is 6.92 Å². The van der Waals surface area contributed by atoms with Gasteiger partial charge in [0.2, 0.25) is 11.8 Å². The number of alkyl carbamates (subject to hydrolysis) is 1. The van der Waals surface area contributed by atoms with Crippen LogP contribution in [0.4, 0.5) is 10.5 Å². The van der Waals surface area contributed by atoms with Crippen molar-refractivity contribution >= 4 is 29.7 Å². The fraction of sp³-hybridized carbons (Fsp3) is 0.292. The third kappa shape index (κ3) is 9.62. The number of carbonyl (C=O) groups is 3. The van der Waals surface area contributed by atoms with E-state index in [1.165, 1.54) is 11.6 Å². The standard InChI is InChI=1S/C24H29N3O4/c1-17-5-7-18(8-6-17)11-14-21(28)25-15-19-9-12-20(13-10-19)27-22(29)16-26-23(30)31-24(2,3)4/h5-14H,15-16H2,1-4H3,(H,25,28)(H,26,30)(H,27,29)/b14-11+. The zero-order valence-corrected chi connectivity index (χ0v) is 18.3. The molecule has 2 rings (SSSR count). The SMILES string of the molecule is Cc1ccc(/C=C/C(=O)NCc2ccc(NC(=O)CNC(=O)OC(C)(C)C)cc2)cc1. The molecule has 0 radical (unpaired) electrons. The summed E-state index contributed by atoms with van der Waals surface area (Å²) in [6.45, 7) is 7.42. The quantitative estimate of drug-likeness (QED) is 0.591. The van der Waals surface area contributed by atoms with E-state index in [2.05, 4.69) is 16.0 Å². The highest BCUT2D eigenvalue weighted by atomic mass is 16.6. The Morgan fingerprint density at radius 1 is 0.935 bits per heavy atom. The minimum absolute atomic E-state index is 0.189. The van der Waals surface area contributed by atoms with Crippen LogP contribution < -0.4 is 16.0 Å². The number of hydrogen-bond donors (Lipinski definition) is 3. The first-order valence-electron chi connectivity index (χ1n) is 9.99. The maximum Gasteiger partial charge on any atom is 0.408 e. The Labute approximate surface area is 182 Å². The third-order valence-electron chi connectivity index (χ3n) is 4.00. The fourth-order valence-electron chi connectivity index (χ4n) is 2.48. The first-order chi connectivity index (χ1) is 14.6. The van der Waals surface area contributed by atoms with Crippen LogP contribution in [0.2, 0.25) is 0 Å². The van der Waals surface area contributed by atoms with E-state index in [-0.39, 0.29) is 18.4 Å². The second kappa shape index (κ2) is 11.0. The van der Waals surface area contributed by atoms with Gasteiger partial charge in [0.1, 0.15) is 12.1 Å². The number of aryl methyl sites for hydroxylation is 1. The highest BCUT2D eigenvalue weighted by Gasteiger charge is 2.16. The molecule has 164 valence electrons. The van der Waals surface area contributed by atoms with Crippen molar-refractivity contribution in [2.45, 2.75) is 39.8 Å². The van der Waals surface area contributed by atoms with Crippen LogP contribution in [0.15, 0.2) is 54.6 Å². The van der Waals surface area contributed by atoms with E-state index in [0.29, 0.717) is 12.2 Å². The summed E-state index contributed by atoms with van der Waals surface area (Å²) in [4.78, 5) is 35.5. The van der Waals surface area contributed by atoms with Crippen molar-refractivity contribution in [3.63, 3.8) is 0 Å². The molecule has 0 aliphatic heterocycles. The Bertz CT molecular complexity index is 927. The molecule has 7 nitrogen and oxygen atoms in total. The predicted octanol–water partition coefficient (Wildman–Crippen LogP) is 3.79. The van der Waals surface area contributed by atoms with Crippen molar-refractivity contribution in [1.29, 1.82) is 0 Å². The van der Waals surface area contributed by atoms with Crippen LogP contribution in [0.25, 0.3) is 6.08 Å². The second-order valence-electron chi connectivity index (χ2n) is 8.06. The lowest BCUT2D eigenvalue weighted by Crippen LogP contribution is -2.37. The van der Waals surface area contributed by atoms with E-state index in [1.807, 2.05) is 31.2 Å². The number of nitrogens with one attached hydrogen (secondary N) is 3. The van der Waals surface area contributed by atoms with Crippen LogP contribution >= 0.6 is 0 Å². The third-order valence-corrected chi connectivity index (χ3v) is 4.00. The summed E-state index contributed by atoms with van der Waals surface area (Å²) >= 11 is 0. The predicted molar refractivity (Wildman–Crippen MR) is 121 cm³/mol. The molecule has 31 heavy (non-hydrogen) atoms. The molecule has 0 bridgehead atoms. The van der Waals surface area contributed by atoms with Gasteiger partial charge in [0.05, 0.1) is 0 Å². The molecule has 0 aliphatic rings. The van der Waals surface area contributed by atoms with Crippen LogP contribution in [0.5, 0.6) is 0 Å². The first kappa shape index (κ1) is 23.7. The molecule has 7 heteroatoms. The highest BCUT2D eigenvalue weighted by molar-refractivity contribution is 5.94. The van der Waals surface area contributed by atoms with Crippen molar-refractivity contribution in [2.24, 2.45) is 0 Å². The van der Waals surface area contributed by atoms with Crippen molar-refractivity contribution in [1.82, 2.24) is 10.6 Å². The lowest BCUT2D eigenvalue weighted by Gasteiger charge is -2.19. The lowest BCUT2D eigenvalue weighted by molar-refractivity contribution is -0.117. The van der Waals surface area contributed by atoms with Gasteiger partial charge in [-0.05, 0) is 57.0 Å². The Morgan fingerprint density at radius 3 is 2.19 bits per heavy atom. The number of carbonyl (C=O) groups excluding carboxylic acids is 3. The number of amides is 3. The van der Waals surface area contributed by atoms with Crippen LogP contribution in [-0.4, -0.2) is 30.1 Å². The zero-order chi connectivity index (χ0) is 22.9. The van der Waals surface area contributed by atoms with Crippen LogP contribution in [0.1, 0.15) is 37.5 Å². The normalized spacial score (nSPS) is 11.1. The van der Waals surface area contributed by atoms with Crippen LogP contribution in [0.3, 0.4) is 0 Å². The second-order valence-corrected chi connectivity index (χ2v) is 8.06. The minimum atomic E-state index is -0.648. The molecule has 0 atom stereocenters. The summed E-state index contributed by atoms with van der Waals surface area (Å²) in [7, 11) is 0. The molecular formula is C24H29N3O4. The maximum absolute atomic E-state index is 12.0. The number of ether oxygens (including phenoxy) is 1. The lowest BCUT2D eigenvalue weighted by atomic mass is 10.1. The Kier molecular flexibility index (Phi) is 8.37. The van der Waals surface area contributed by atoms with E-state index in [4.69, 9.17) is 4.74 Å². The average molecular weight is 424 g/mol. The van der Waals surface area contributed by atoms with Gasteiger partial charge in [-0.25, -0.2) is 4.79 Å². The number of benzene rings is 2. The van der Waals surface area contributed by atoms with E-state index in [0.717, 1.165) is 11.1 Å². The Hall–Kier alpha value is -3.61. The van der Waals surface area contributed by atoms with Crippen molar-refractivity contribution in [3.8, 4) is 0 Å². The molecule has 0 saturated heterocycles. The van der Waals surface area contributed by atoms with Gasteiger partial charge >= 0.3 is 6.09 Å². The van der Waals surface area contributed by atoms with E-state index in [9.17, 15) is 14.4 Å². The van der Waals surface area contributed by atoms with Gasteiger partial charge in [-0.1, -0.05) is 42.0 Å². The summed E-state index contributed by atoms with van der Waals surface area (Å²) in [5.41, 5.74) is 2.98. The van der Waals surface area contributed by atoms with Crippen molar-refractivity contribution in [3.05, 3.63) is 71.3 Å². The Balaban J connectivity index is 1.74. The molecule has 0 saturated carbocycles. The fourth-order valence-corrected chi connectivity index (χ4v) is 2.48. The zero-order valence-electron chi connectivity index (χ0n) is 18.3. The monoisotopic (exact) mass is 423 g/mol. The maximum atomic E-state index is 12.0. The molecule has 0 heterocycles. The molecule has 0 spiro atoms. The largest absolute Gasteiger partial charge is 0.444 e. The van der Waals surface area contributed by atoms with Crippen LogP contribution in [-0.2, 0) is 20.9 Å². The van der Waals surface area contributed by atoms with Gasteiger partial charge in [0.15, 0.2) is 0 Å². The molecule has 0 unspecified atom stereocenters. The number of rotatable bonds is 7. The summed E-state index contributed by atoms with van der Waals surface area (Å²) in [5, 5.41) is 7.91. The van der Waals surface area contributed by atoms with Gasteiger partial charge in [0.25, 0.3) is 0 Å². The summed E-state index contributed by atoms with van der Waals surface area (Å²) in [5.74, 6) is -0.556. The molecule has 0 fully saturated rings. The Morgan fingerprint density at radius 2 is 1.58 bits per heavy atom. The van der Waals surface area contributed by atoms with Gasteiger partial charge in [-0.2, -0.15) is 0 Å². The molecule has 3 N–H and O–H groups in total. The van der Waals surface area contributed by atoms with Gasteiger partial charge in [-0.3, -0.25) is 9.59 Å². The summed E-state index contributed by atoms with van der Waals surface area (Å²) < 4.78 is 5.08. The van der Waals surface area contributed by atoms with E-state index < -0.39 is 11.7 Å². The molecule has 2 aromatic carbocycles. The molecule has 3 amide bonds. The highest BCUT2D eigenvalue weighted by Crippen LogP contribution is 2.10. The van der Waals surface area contributed by atoms with Crippen molar-refractivity contribution in [2.75, 3.05) is 11.9 Å². The number of anilines is 1. The van der Waals surface area contributed by atoms with Gasteiger partial charge in [-0.15, -0.1) is 0 Å². The summed E-state index contributed by atoms with van der Waals surface area (Å²) in [6, 6.07) is 15.0. The van der Waals surface area contributed by atoms with Gasteiger partial charge in [0, 0.05) is 18.3 Å². The molecule has 0 aromatic heterocycles. The van der Waals surface area contributed by atoms with E-state index in [1.54, 1.807) is 51.1 Å².